The number of hydrogen-bond acceptors (Lipinski definition) is 6. The van der Waals surface area contributed by atoms with Gasteiger partial charge in [0, 0.05) is 61.7 Å². The zero-order valence-corrected chi connectivity index (χ0v) is 19.1. The van der Waals surface area contributed by atoms with Gasteiger partial charge in [-0.1, -0.05) is 24.9 Å². The molecule has 0 saturated heterocycles. The van der Waals surface area contributed by atoms with Crippen molar-refractivity contribution in [2.75, 3.05) is 11.9 Å². The number of carbonyl (C=O) groups excluding carboxylic acids is 1. The van der Waals surface area contributed by atoms with Gasteiger partial charge < -0.3 is 15.0 Å². The maximum absolute atomic E-state index is 13.2. The van der Waals surface area contributed by atoms with Crippen LogP contribution >= 0.6 is 11.6 Å². The minimum Gasteiger partial charge on any atom is -0.481 e. The number of unbranched alkanes of at least 4 members (excludes halogenated alkanes) is 2. The fourth-order valence-electron chi connectivity index (χ4n) is 3.91. The minimum absolute atomic E-state index is 0.0387. The lowest BCUT2D eigenvalue weighted by molar-refractivity contribution is -0.137. The molecule has 2 N–H and O–H groups in total. The SMILES string of the molecule is C[C@H](CC(=O)O)CC(=O)c1c(CCCCCNc2ncccn2)n(C)c2ncc(Cl)cc12. The van der Waals surface area contributed by atoms with Crippen molar-refractivity contribution >= 4 is 40.3 Å². The van der Waals surface area contributed by atoms with E-state index in [1.165, 1.54) is 0 Å². The third kappa shape index (κ3) is 6.03. The number of halogens is 1. The van der Waals surface area contributed by atoms with Crippen molar-refractivity contribution in [3.63, 3.8) is 0 Å². The summed E-state index contributed by atoms with van der Waals surface area (Å²) in [5.74, 6) is -0.594. The summed E-state index contributed by atoms with van der Waals surface area (Å²) in [6.07, 6.45) is 8.66. The molecule has 0 unspecified atom stereocenters. The number of ketones is 1. The Balaban J connectivity index is 1.69. The third-order valence-electron chi connectivity index (χ3n) is 5.39. The number of anilines is 1. The number of aryl methyl sites for hydroxylation is 1. The number of aliphatic carboxylic acids is 1. The topological polar surface area (TPSA) is 110 Å². The number of Topliss-reactive ketones (excluding diaryl/α,β-unsaturated/α-hetero) is 1. The second kappa shape index (κ2) is 11.0. The molecule has 0 aliphatic rings. The van der Waals surface area contributed by atoms with Gasteiger partial charge >= 0.3 is 5.97 Å². The van der Waals surface area contributed by atoms with Gasteiger partial charge in [-0.15, -0.1) is 0 Å². The molecular formula is C23H28ClN5O3. The highest BCUT2D eigenvalue weighted by Gasteiger charge is 2.24. The molecule has 1 atom stereocenters. The zero-order valence-electron chi connectivity index (χ0n) is 18.3. The first-order chi connectivity index (χ1) is 15.4. The van der Waals surface area contributed by atoms with Crippen LogP contribution in [0.15, 0.2) is 30.7 Å². The number of rotatable bonds is 12. The van der Waals surface area contributed by atoms with E-state index in [4.69, 9.17) is 16.7 Å². The van der Waals surface area contributed by atoms with E-state index in [9.17, 15) is 9.59 Å². The predicted octanol–water partition coefficient (Wildman–Crippen LogP) is 4.53. The molecule has 0 bridgehead atoms. The Labute approximate surface area is 192 Å². The molecular weight excluding hydrogens is 430 g/mol. The first-order valence-electron chi connectivity index (χ1n) is 10.8. The highest BCUT2D eigenvalue weighted by Crippen LogP contribution is 2.30. The van der Waals surface area contributed by atoms with Crippen molar-refractivity contribution in [1.82, 2.24) is 19.5 Å². The van der Waals surface area contributed by atoms with Gasteiger partial charge in [0.05, 0.1) is 5.02 Å². The number of carboxylic acids is 1. The van der Waals surface area contributed by atoms with E-state index in [0.29, 0.717) is 22.2 Å². The summed E-state index contributed by atoms with van der Waals surface area (Å²) in [6, 6.07) is 3.55. The predicted molar refractivity (Wildman–Crippen MR) is 124 cm³/mol. The lowest BCUT2D eigenvalue weighted by Crippen LogP contribution is -2.12. The molecule has 3 rings (SSSR count). The number of aromatic nitrogens is 4. The highest BCUT2D eigenvalue weighted by molar-refractivity contribution is 6.31. The number of carbonyl (C=O) groups is 2. The normalized spacial score (nSPS) is 12.1. The maximum atomic E-state index is 13.2. The van der Waals surface area contributed by atoms with Crippen molar-refractivity contribution in [3.8, 4) is 0 Å². The lowest BCUT2D eigenvalue weighted by atomic mass is 9.94. The summed E-state index contributed by atoms with van der Waals surface area (Å²) in [4.78, 5) is 36.9. The fraction of sp³-hybridized carbons (Fsp3) is 0.435. The van der Waals surface area contributed by atoms with Crippen molar-refractivity contribution in [2.45, 2.75) is 45.4 Å². The van der Waals surface area contributed by atoms with Crippen LogP contribution in [0.5, 0.6) is 0 Å². The Morgan fingerprint density at radius 2 is 1.91 bits per heavy atom. The van der Waals surface area contributed by atoms with Crippen molar-refractivity contribution in [3.05, 3.63) is 47.0 Å². The van der Waals surface area contributed by atoms with Crippen LogP contribution < -0.4 is 5.32 Å². The quantitative estimate of drug-likeness (QED) is 0.303. The van der Waals surface area contributed by atoms with E-state index < -0.39 is 5.97 Å². The molecule has 0 amide bonds. The molecule has 3 aromatic rings. The van der Waals surface area contributed by atoms with Crippen LogP contribution in [0.1, 0.15) is 55.1 Å². The Morgan fingerprint density at radius 1 is 1.16 bits per heavy atom. The molecule has 3 heterocycles. The van der Waals surface area contributed by atoms with Crippen LogP contribution in [0.2, 0.25) is 5.02 Å². The van der Waals surface area contributed by atoms with Crippen LogP contribution in [-0.2, 0) is 18.3 Å². The molecule has 0 fully saturated rings. The lowest BCUT2D eigenvalue weighted by Gasteiger charge is -2.10. The Morgan fingerprint density at radius 3 is 2.62 bits per heavy atom. The Hall–Kier alpha value is -3.00. The number of nitrogens with one attached hydrogen (secondary N) is 1. The van der Waals surface area contributed by atoms with Gasteiger partial charge in [0.2, 0.25) is 5.95 Å². The molecule has 0 saturated carbocycles. The van der Waals surface area contributed by atoms with Gasteiger partial charge in [0.15, 0.2) is 5.78 Å². The van der Waals surface area contributed by atoms with Crippen molar-refractivity contribution in [1.29, 1.82) is 0 Å². The molecule has 3 aromatic heterocycles. The molecule has 8 nitrogen and oxygen atoms in total. The molecule has 32 heavy (non-hydrogen) atoms. The average molecular weight is 458 g/mol. The smallest absolute Gasteiger partial charge is 0.303 e. The number of pyridine rings is 1. The highest BCUT2D eigenvalue weighted by atomic mass is 35.5. The second-order valence-corrected chi connectivity index (χ2v) is 8.48. The van der Waals surface area contributed by atoms with Crippen LogP contribution in [0.3, 0.4) is 0 Å². The molecule has 0 aliphatic carbocycles. The first-order valence-corrected chi connectivity index (χ1v) is 11.1. The van der Waals surface area contributed by atoms with E-state index in [-0.39, 0.29) is 24.5 Å². The largest absolute Gasteiger partial charge is 0.481 e. The minimum atomic E-state index is -0.900. The molecule has 0 aliphatic heterocycles. The molecule has 0 spiro atoms. The van der Waals surface area contributed by atoms with Crippen LogP contribution in [0.25, 0.3) is 11.0 Å². The number of nitrogens with zero attached hydrogens (tertiary/aromatic N) is 4. The van der Waals surface area contributed by atoms with E-state index in [0.717, 1.165) is 43.3 Å². The summed E-state index contributed by atoms with van der Waals surface area (Å²) in [7, 11) is 1.91. The standard InChI is InChI=1S/C23H28ClN5O3/c1-15(12-20(31)32)11-19(30)21-17-13-16(24)14-28-22(17)29(2)18(21)7-4-3-5-8-25-23-26-9-6-10-27-23/h6,9-10,13-15H,3-5,7-8,11-12H2,1-2H3,(H,31,32)(H,25,26,27)/t15-/m0/s1. The van der Waals surface area contributed by atoms with E-state index in [2.05, 4.69) is 20.3 Å². The molecule has 0 radical (unpaired) electrons. The fourth-order valence-corrected chi connectivity index (χ4v) is 4.07. The van der Waals surface area contributed by atoms with Crippen LogP contribution in [-0.4, -0.2) is 42.9 Å². The van der Waals surface area contributed by atoms with E-state index in [1.54, 1.807) is 37.6 Å². The number of carboxylic acid groups (broad SMARTS) is 1. The maximum Gasteiger partial charge on any atom is 0.303 e. The van der Waals surface area contributed by atoms with Gasteiger partial charge in [-0.2, -0.15) is 0 Å². The van der Waals surface area contributed by atoms with E-state index in [1.807, 2.05) is 11.6 Å². The van der Waals surface area contributed by atoms with Crippen LogP contribution in [0.4, 0.5) is 5.95 Å². The average Bonchev–Trinajstić information content (AvgIpc) is 3.01. The van der Waals surface area contributed by atoms with Crippen molar-refractivity contribution < 1.29 is 14.7 Å². The Bertz CT molecular complexity index is 1080. The Kier molecular flexibility index (Phi) is 8.16. The monoisotopic (exact) mass is 457 g/mol. The second-order valence-electron chi connectivity index (χ2n) is 8.05. The van der Waals surface area contributed by atoms with Crippen molar-refractivity contribution in [2.24, 2.45) is 13.0 Å². The summed E-state index contributed by atoms with van der Waals surface area (Å²) >= 11 is 6.17. The molecule has 9 heteroatoms. The zero-order chi connectivity index (χ0) is 23.1. The summed E-state index contributed by atoms with van der Waals surface area (Å²) in [5.41, 5.74) is 2.24. The van der Waals surface area contributed by atoms with E-state index >= 15 is 0 Å². The first kappa shape index (κ1) is 23.7. The summed E-state index contributed by atoms with van der Waals surface area (Å²) in [5, 5.41) is 13.4. The van der Waals surface area contributed by atoms with Gasteiger partial charge in [0.25, 0.3) is 0 Å². The third-order valence-corrected chi connectivity index (χ3v) is 5.60. The van der Waals surface area contributed by atoms with Crippen LogP contribution in [0, 0.1) is 5.92 Å². The summed E-state index contributed by atoms with van der Waals surface area (Å²) < 4.78 is 1.96. The number of fused-ring (bicyclic) bond motifs is 1. The van der Waals surface area contributed by atoms with Gasteiger partial charge in [-0.25, -0.2) is 15.0 Å². The summed E-state index contributed by atoms with van der Waals surface area (Å²) in [6.45, 7) is 2.56. The van der Waals surface area contributed by atoms with Gasteiger partial charge in [-0.05, 0) is 37.3 Å². The molecule has 170 valence electrons. The number of hydrogen-bond donors (Lipinski definition) is 2. The molecule has 0 aromatic carbocycles. The van der Waals surface area contributed by atoms with Gasteiger partial charge in [-0.3, -0.25) is 9.59 Å². The van der Waals surface area contributed by atoms with Gasteiger partial charge in [0.1, 0.15) is 5.65 Å².